The van der Waals surface area contributed by atoms with Crippen molar-refractivity contribution in [3.63, 3.8) is 0 Å². The van der Waals surface area contributed by atoms with Crippen LogP contribution in [0.1, 0.15) is 21.4 Å². The average Bonchev–Trinajstić information content (AvgIpc) is 2.63. The molecule has 96 valence electrons. The first-order valence-electron chi connectivity index (χ1n) is 5.41. The van der Waals surface area contributed by atoms with Crippen LogP contribution in [0.15, 0.2) is 28.7 Å². The van der Waals surface area contributed by atoms with Crippen LogP contribution < -0.4 is 5.32 Å². The summed E-state index contributed by atoms with van der Waals surface area (Å²) in [6, 6.07) is 7.69. The number of thiophene rings is 1. The summed E-state index contributed by atoms with van der Waals surface area (Å²) in [5, 5.41) is 4.64. The number of halogens is 3. The lowest BCUT2D eigenvalue weighted by Gasteiger charge is -2.18. The van der Waals surface area contributed by atoms with Gasteiger partial charge < -0.3 is 5.32 Å². The molecule has 18 heavy (non-hydrogen) atoms. The molecule has 0 radical (unpaired) electrons. The molecule has 1 aromatic heterocycles. The maximum absolute atomic E-state index is 6.28. The topological polar surface area (TPSA) is 12.0 Å². The van der Waals surface area contributed by atoms with Crippen LogP contribution in [0.25, 0.3) is 0 Å². The van der Waals surface area contributed by atoms with E-state index in [0.717, 1.165) is 10.0 Å². The van der Waals surface area contributed by atoms with Gasteiger partial charge >= 0.3 is 0 Å². The fourth-order valence-corrected chi connectivity index (χ4v) is 4.51. The highest BCUT2D eigenvalue weighted by Gasteiger charge is 2.22. The second-order valence-electron chi connectivity index (χ2n) is 3.93. The Labute approximate surface area is 129 Å². The van der Waals surface area contributed by atoms with E-state index >= 15 is 0 Å². The number of rotatable bonds is 3. The lowest BCUT2D eigenvalue weighted by molar-refractivity contribution is 0.702. The van der Waals surface area contributed by atoms with Crippen LogP contribution in [-0.4, -0.2) is 7.05 Å². The third-order valence-corrected chi connectivity index (χ3v) is 5.37. The van der Waals surface area contributed by atoms with Gasteiger partial charge in [-0.1, -0.05) is 29.3 Å². The minimum Gasteiger partial charge on any atom is -0.309 e. The van der Waals surface area contributed by atoms with Crippen LogP contribution >= 0.6 is 50.5 Å². The standard InChI is InChI=1S/C13H12BrCl2NS/c1-7-6-8(14)13(18-7)12(17-2)11-9(15)4-3-5-10(11)16/h3-6,12,17H,1-2H3. The zero-order valence-corrected chi connectivity index (χ0v) is 13.8. The highest BCUT2D eigenvalue weighted by Crippen LogP contribution is 2.40. The average molecular weight is 365 g/mol. The van der Waals surface area contributed by atoms with Gasteiger partial charge in [-0.05, 0) is 48.1 Å². The summed E-state index contributed by atoms with van der Waals surface area (Å²) >= 11 is 17.9. The second-order valence-corrected chi connectivity index (χ2v) is 6.88. The van der Waals surface area contributed by atoms with E-state index in [9.17, 15) is 0 Å². The summed E-state index contributed by atoms with van der Waals surface area (Å²) in [5.74, 6) is 0. The van der Waals surface area contributed by atoms with E-state index in [-0.39, 0.29) is 6.04 Å². The Bertz CT molecular complexity index is 548. The zero-order valence-electron chi connectivity index (χ0n) is 9.93. The van der Waals surface area contributed by atoms with Crippen LogP contribution in [0, 0.1) is 6.92 Å². The minimum absolute atomic E-state index is 0.000671. The van der Waals surface area contributed by atoms with Crippen molar-refractivity contribution in [2.75, 3.05) is 7.05 Å². The Morgan fingerprint density at radius 1 is 1.28 bits per heavy atom. The Hall–Kier alpha value is -0.0600. The van der Waals surface area contributed by atoms with Gasteiger partial charge in [-0.15, -0.1) is 11.3 Å². The van der Waals surface area contributed by atoms with Gasteiger partial charge in [0.2, 0.25) is 0 Å². The quantitative estimate of drug-likeness (QED) is 0.765. The molecule has 0 saturated heterocycles. The number of aryl methyl sites for hydroxylation is 1. The van der Waals surface area contributed by atoms with Crippen molar-refractivity contribution in [3.8, 4) is 0 Å². The fourth-order valence-electron chi connectivity index (χ4n) is 1.89. The van der Waals surface area contributed by atoms with Crippen LogP contribution in [0.5, 0.6) is 0 Å². The Morgan fingerprint density at radius 3 is 2.33 bits per heavy atom. The summed E-state index contributed by atoms with van der Waals surface area (Å²) < 4.78 is 1.08. The highest BCUT2D eigenvalue weighted by molar-refractivity contribution is 9.10. The molecule has 2 rings (SSSR count). The molecule has 0 saturated carbocycles. The minimum atomic E-state index is -0.000671. The normalized spacial score (nSPS) is 12.7. The van der Waals surface area contributed by atoms with Gasteiger partial charge in [0, 0.05) is 29.8 Å². The summed E-state index contributed by atoms with van der Waals surface area (Å²) in [7, 11) is 1.91. The van der Waals surface area contributed by atoms with Crippen LogP contribution in [0.2, 0.25) is 10.0 Å². The molecular formula is C13H12BrCl2NS. The van der Waals surface area contributed by atoms with E-state index in [1.807, 2.05) is 25.2 Å². The van der Waals surface area contributed by atoms with Crippen LogP contribution in [0.4, 0.5) is 0 Å². The molecular weight excluding hydrogens is 353 g/mol. The molecule has 1 atom stereocenters. The second kappa shape index (κ2) is 5.93. The smallest absolute Gasteiger partial charge is 0.0709 e. The zero-order chi connectivity index (χ0) is 13.3. The predicted octanol–water partition coefficient (Wildman–Crippen LogP) is 5.43. The van der Waals surface area contributed by atoms with E-state index in [2.05, 4.69) is 34.2 Å². The molecule has 1 aromatic carbocycles. The van der Waals surface area contributed by atoms with E-state index < -0.39 is 0 Å². The third kappa shape index (κ3) is 2.75. The Morgan fingerprint density at radius 2 is 1.89 bits per heavy atom. The van der Waals surface area contributed by atoms with Gasteiger partial charge in [0.15, 0.2) is 0 Å². The Kier molecular flexibility index (Phi) is 4.73. The van der Waals surface area contributed by atoms with Crippen LogP contribution in [-0.2, 0) is 0 Å². The number of benzene rings is 1. The van der Waals surface area contributed by atoms with Crippen molar-refractivity contribution in [3.05, 3.63) is 54.1 Å². The van der Waals surface area contributed by atoms with Gasteiger partial charge in [0.25, 0.3) is 0 Å². The van der Waals surface area contributed by atoms with Crippen molar-refractivity contribution in [2.45, 2.75) is 13.0 Å². The first-order chi connectivity index (χ1) is 8.54. The van der Waals surface area contributed by atoms with E-state index in [4.69, 9.17) is 23.2 Å². The van der Waals surface area contributed by atoms with Crippen molar-refractivity contribution >= 4 is 50.5 Å². The van der Waals surface area contributed by atoms with Crippen molar-refractivity contribution in [2.24, 2.45) is 0 Å². The van der Waals surface area contributed by atoms with E-state index in [1.54, 1.807) is 11.3 Å². The molecule has 0 fully saturated rings. The molecule has 1 heterocycles. The molecule has 0 aliphatic carbocycles. The highest BCUT2D eigenvalue weighted by atomic mass is 79.9. The third-order valence-electron chi connectivity index (χ3n) is 2.68. The van der Waals surface area contributed by atoms with Crippen molar-refractivity contribution in [1.29, 1.82) is 0 Å². The molecule has 1 nitrogen and oxygen atoms in total. The van der Waals surface area contributed by atoms with Crippen molar-refractivity contribution < 1.29 is 0 Å². The molecule has 0 amide bonds. The van der Waals surface area contributed by atoms with Gasteiger partial charge in [0.1, 0.15) is 0 Å². The lowest BCUT2D eigenvalue weighted by Crippen LogP contribution is -2.17. The SMILES string of the molecule is CNC(c1sc(C)cc1Br)c1c(Cl)cccc1Cl. The molecule has 1 unspecified atom stereocenters. The maximum Gasteiger partial charge on any atom is 0.0709 e. The van der Waals surface area contributed by atoms with Gasteiger partial charge in [-0.25, -0.2) is 0 Å². The summed E-state index contributed by atoms with van der Waals surface area (Å²) in [5.41, 5.74) is 0.922. The van der Waals surface area contributed by atoms with Crippen molar-refractivity contribution in [1.82, 2.24) is 5.32 Å². The number of hydrogen-bond acceptors (Lipinski definition) is 2. The van der Waals surface area contributed by atoms with Gasteiger partial charge in [-0.3, -0.25) is 0 Å². The molecule has 0 spiro atoms. The summed E-state index contributed by atoms with van der Waals surface area (Å²) in [6.45, 7) is 2.08. The maximum atomic E-state index is 6.28. The largest absolute Gasteiger partial charge is 0.309 e. The van der Waals surface area contributed by atoms with Gasteiger partial charge in [-0.2, -0.15) is 0 Å². The van der Waals surface area contributed by atoms with E-state index in [1.165, 1.54) is 9.75 Å². The number of hydrogen-bond donors (Lipinski definition) is 1. The molecule has 1 N–H and O–H groups in total. The molecule has 2 aromatic rings. The Balaban J connectivity index is 2.55. The van der Waals surface area contributed by atoms with Gasteiger partial charge in [0.05, 0.1) is 6.04 Å². The molecule has 0 aliphatic heterocycles. The van der Waals surface area contributed by atoms with E-state index in [0.29, 0.717) is 10.0 Å². The fraction of sp³-hybridized carbons (Fsp3) is 0.231. The number of nitrogens with one attached hydrogen (secondary N) is 1. The first kappa shape index (κ1) is 14.4. The molecule has 5 heteroatoms. The monoisotopic (exact) mass is 363 g/mol. The van der Waals surface area contributed by atoms with Crippen LogP contribution in [0.3, 0.4) is 0 Å². The molecule has 0 bridgehead atoms. The molecule has 0 aliphatic rings. The summed E-state index contributed by atoms with van der Waals surface area (Å²) in [4.78, 5) is 2.44. The summed E-state index contributed by atoms with van der Waals surface area (Å²) in [6.07, 6.45) is 0. The first-order valence-corrected chi connectivity index (χ1v) is 7.78. The predicted molar refractivity (Wildman–Crippen MR) is 84.1 cm³/mol. The lowest BCUT2D eigenvalue weighted by atomic mass is 10.1.